The molecule has 0 aromatic heterocycles. The average molecular weight is 155 g/mol. The van der Waals surface area contributed by atoms with Gasteiger partial charge in [0.25, 0.3) is 5.91 Å². The van der Waals surface area contributed by atoms with Gasteiger partial charge in [0.05, 0.1) is 6.61 Å². The number of likely N-dealkylation sites (tertiary alicyclic amines) is 1. The molecule has 0 bridgehead atoms. The lowest BCUT2D eigenvalue weighted by Crippen LogP contribution is -2.38. The van der Waals surface area contributed by atoms with E-state index in [4.69, 9.17) is 4.74 Å². The summed E-state index contributed by atoms with van der Waals surface area (Å²) in [6, 6.07) is 0. The largest absolute Gasteiger partial charge is 0.363 e. The highest BCUT2D eigenvalue weighted by Gasteiger charge is 2.35. The Kier molecular flexibility index (Phi) is 1.82. The zero-order valence-corrected chi connectivity index (χ0v) is 6.58. The van der Waals surface area contributed by atoms with E-state index in [1.807, 2.05) is 4.90 Å². The van der Waals surface area contributed by atoms with E-state index >= 15 is 0 Å². The highest BCUT2D eigenvalue weighted by Crippen LogP contribution is 2.16. The summed E-state index contributed by atoms with van der Waals surface area (Å²) in [4.78, 5) is 13.3. The summed E-state index contributed by atoms with van der Waals surface area (Å²) >= 11 is 0. The summed E-state index contributed by atoms with van der Waals surface area (Å²) in [6.45, 7) is 2.53. The fourth-order valence-corrected chi connectivity index (χ4v) is 1.51. The number of rotatable bonds is 1. The van der Waals surface area contributed by atoms with Gasteiger partial charge in [-0.3, -0.25) is 4.79 Å². The number of hydrogen-bond acceptors (Lipinski definition) is 2. The van der Waals surface area contributed by atoms with Crippen molar-refractivity contribution in [2.45, 2.75) is 25.4 Å². The lowest BCUT2D eigenvalue weighted by atomic mass is 10.1. The molecule has 1 unspecified atom stereocenters. The van der Waals surface area contributed by atoms with Crippen LogP contribution >= 0.6 is 0 Å². The van der Waals surface area contributed by atoms with Gasteiger partial charge in [0.1, 0.15) is 0 Å². The van der Waals surface area contributed by atoms with Gasteiger partial charge in [-0.25, -0.2) is 0 Å². The molecule has 0 N–H and O–H groups in total. The van der Waals surface area contributed by atoms with Crippen molar-refractivity contribution in [2.24, 2.45) is 0 Å². The molecule has 1 atom stereocenters. The third kappa shape index (κ3) is 1.53. The molecule has 2 heterocycles. The molecule has 2 aliphatic heterocycles. The van der Waals surface area contributed by atoms with Crippen LogP contribution in [0.3, 0.4) is 0 Å². The number of carbonyl (C=O) groups is 1. The van der Waals surface area contributed by atoms with Crippen LogP contribution in [0.25, 0.3) is 0 Å². The Morgan fingerprint density at radius 2 is 1.91 bits per heavy atom. The number of ether oxygens (including phenoxy) is 1. The zero-order valence-electron chi connectivity index (χ0n) is 6.58. The summed E-state index contributed by atoms with van der Waals surface area (Å²) in [5.41, 5.74) is 0. The topological polar surface area (TPSA) is 32.8 Å². The van der Waals surface area contributed by atoms with Gasteiger partial charge < -0.3 is 9.64 Å². The van der Waals surface area contributed by atoms with E-state index in [0.29, 0.717) is 6.61 Å². The van der Waals surface area contributed by atoms with Gasteiger partial charge in [-0.05, 0) is 19.3 Å². The van der Waals surface area contributed by atoms with E-state index in [2.05, 4.69) is 0 Å². The molecule has 0 spiro atoms. The van der Waals surface area contributed by atoms with Crippen LogP contribution in [0.4, 0.5) is 0 Å². The SMILES string of the molecule is O=C(C1CO1)N1CCCCC1. The third-order valence-electron chi connectivity index (χ3n) is 2.28. The quantitative estimate of drug-likeness (QED) is 0.513. The summed E-state index contributed by atoms with van der Waals surface area (Å²) in [7, 11) is 0. The first-order valence-corrected chi connectivity index (χ1v) is 4.28. The highest BCUT2D eigenvalue weighted by atomic mass is 16.6. The van der Waals surface area contributed by atoms with Gasteiger partial charge in [-0.15, -0.1) is 0 Å². The minimum absolute atomic E-state index is 0.0758. The summed E-state index contributed by atoms with van der Waals surface area (Å²) in [6.07, 6.45) is 3.53. The van der Waals surface area contributed by atoms with Gasteiger partial charge in [0.15, 0.2) is 6.10 Å². The molecule has 2 rings (SSSR count). The molecule has 2 aliphatic rings. The monoisotopic (exact) mass is 155 g/mol. The number of nitrogens with zero attached hydrogens (tertiary/aromatic N) is 1. The Hall–Kier alpha value is -0.570. The van der Waals surface area contributed by atoms with Crippen LogP contribution in [0.5, 0.6) is 0 Å². The van der Waals surface area contributed by atoms with Gasteiger partial charge in [0.2, 0.25) is 0 Å². The van der Waals surface area contributed by atoms with Crippen molar-refractivity contribution in [1.82, 2.24) is 4.90 Å². The van der Waals surface area contributed by atoms with Crippen molar-refractivity contribution < 1.29 is 9.53 Å². The first kappa shape index (κ1) is 7.10. The van der Waals surface area contributed by atoms with Gasteiger partial charge >= 0.3 is 0 Å². The predicted molar refractivity (Wildman–Crippen MR) is 40.2 cm³/mol. The van der Waals surface area contributed by atoms with Crippen LogP contribution in [0, 0.1) is 0 Å². The fourth-order valence-electron chi connectivity index (χ4n) is 1.51. The molecule has 0 aromatic carbocycles. The summed E-state index contributed by atoms with van der Waals surface area (Å²) in [5, 5.41) is 0. The highest BCUT2D eigenvalue weighted by molar-refractivity contribution is 5.83. The van der Waals surface area contributed by atoms with Crippen molar-refractivity contribution >= 4 is 5.91 Å². The van der Waals surface area contributed by atoms with Crippen molar-refractivity contribution in [3.63, 3.8) is 0 Å². The Bertz CT molecular complexity index is 159. The van der Waals surface area contributed by atoms with Crippen LogP contribution in [0.15, 0.2) is 0 Å². The molecule has 1 amide bonds. The van der Waals surface area contributed by atoms with Crippen molar-refractivity contribution in [3.05, 3.63) is 0 Å². The Balaban J connectivity index is 1.86. The van der Waals surface area contributed by atoms with E-state index in [1.165, 1.54) is 19.3 Å². The van der Waals surface area contributed by atoms with Gasteiger partial charge in [-0.2, -0.15) is 0 Å². The number of hydrogen-bond donors (Lipinski definition) is 0. The molecule has 0 aromatic rings. The first-order chi connectivity index (χ1) is 5.38. The van der Waals surface area contributed by atoms with Crippen LogP contribution < -0.4 is 0 Å². The van der Waals surface area contributed by atoms with E-state index in [0.717, 1.165) is 13.1 Å². The van der Waals surface area contributed by atoms with Gasteiger partial charge in [-0.1, -0.05) is 0 Å². The minimum Gasteiger partial charge on any atom is -0.363 e. The molecule has 0 saturated carbocycles. The molecule has 62 valence electrons. The molecule has 0 radical (unpaired) electrons. The molecule has 0 aliphatic carbocycles. The second kappa shape index (κ2) is 2.81. The lowest BCUT2D eigenvalue weighted by Gasteiger charge is -2.25. The zero-order chi connectivity index (χ0) is 7.68. The van der Waals surface area contributed by atoms with Crippen LogP contribution in [-0.2, 0) is 9.53 Å². The van der Waals surface area contributed by atoms with Crippen LogP contribution in [0.1, 0.15) is 19.3 Å². The second-order valence-corrected chi connectivity index (χ2v) is 3.21. The molecule has 3 nitrogen and oxygen atoms in total. The van der Waals surface area contributed by atoms with Gasteiger partial charge in [0, 0.05) is 13.1 Å². The van der Waals surface area contributed by atoms with Crippen molar-refractivity contribution in [1.29, 1.82) is 0 Å². The minimum atomic E-state index is -0.0758. The average Bonchev–Trinajstić information content (AvgIpc) is 2.87. The predicted octanol–water partition coefficient (Wildman–Crippen LogP) is 0.398. The fraction of sp³-hybridized carbons (Fsp3) is 0.875. The van der Waals surface area contributed by atoms with E-state index in [9.17, 15) is 4.79 Å². The molecule has 11 heavy (non-hydrogen) atoms. The number of amides is 1. The second-order valence-electron chi connectivity index (χ2n) is 3.21. The molecular weight excluding hydrogens is 142 g/mol. The van der Waals surface area contributed by atoms with Crippen molar-refractivity contribution in [2.75, 3.05) is 19.7 Å². The molecular formula is C8H13NO2. The number of epoxide rings is 1. The Morgan fingerprint density at radius 1 is 1.27 bits per heavy atom. The van der Waals surface area contributed by atoms with E-state index in [1.54, 1.807) is 0 Å². The maximum Gasteiger partial charge on any atom is 0.254 e. The molecule has 3 heteroatoms. The summed E-state index contributed by atoms with van der Waals surface area (Å²) in [5.74, 6) is 0.213. The van der Waals surface area contributed by atoms with E-state index < -0.39 is 0 Å². The number of piperidine rings is 1. The first-order valence-electron chi connectivity index (χ1n) is 4.28. The number of carbonyl (C=O) groups excluding carboxylic acids is 1. The Labute approximate surface area is 66.3 Å². The third-order valence-corrected chi connectivity index (χ3v) is 2.28. The smallest absolute Gasteiger partial charge is 0.254 e. The standard InChI is InChI=1S/C8H13NO2/c10-8(7-6-11-7)9-4-2-1-3-5-9/h7H,1-6H2. The molecule has 2 fully saturated rings. The lowest BCUT2D eigenvalue weighted by molar-refractivity contribution is -0.133. The van der Waals surface area contributed by atoms with E-state index in [-0.39, 0.29) is 12.0 Å². The van der Waals surface area contributed by atoms with Crippen LogP contribution in [-0.4, -0.2) is 36.6 Å². The Morgan fingerprint density at radius 3 is 2.45 bits per heavy atom. The van der Waals surface area contributed by atoms with Crippen LogP contribution in [0.2, 0.25) is 0 Å². The summed E-state index contributed by atoms with van der Waals surface area (Å²) < 4.78 is 4.93. The maximum absolute atomic E-state index is 11.4. The maximum atomic E-state index is 11.4. The normalized spacial score (nSPS) is 30.2. The van der Waals surface area contributed by atoms with Crippen molar-refractivity contribution in [3.8, 4) is 0 Å². The molecule has 2 saturated heterocycles.